The molecule has 0 radical (unpaired) electrons. The van der Waals surface area contributed by atoms with E-state index in [1.807, 2.05) is 11.6 Å². The van der Waals surface area contributed by atoms with Crippen LogP contribution in [-0.2, 0) is 11.8 Å². The Morgan fingerprint density at radius 2 is 2.54 bits per heavy atom. The summed E-state index contributed by atoms with van der Waals surface area (Å²) in [6.07, 6.45) is 1.67. The minimum absolute atomic E-state index is 0.0479. The lowest BCUT2D eigenvalue weighted by Gasteiger charge is -2.08. The lowest BCUT2D eigenvalue weighted by Crippen LogP contribution is -2.28. The minimum atomic E-state index is 0.0479. The first-order valence-electron chi connectivity index (χ1n) is 3.95. The van der Waals surface area contributed by atoms with Crippen molar-refractivity contribution in [3.05, 3.63) is 6.33 Å². The van der Waals surface area contributed by atoms with Crippen LogP contribution in [0.3, 0.4) is 0 Å². The molecule has 0 aliphatic heterocycles. The van der Waals surface area contributed by atoms with E-state index in [-0.39, 0.29) is 6.04 Å². The van der Waals surface area contributed by atoms with Gasteiger partial charge in [0.15, 0.2) is 5.16 Å². The molecule has 1 atom stereocenters. The molecule has 1 heterocycles. The number of ether oxygens (including phenoxy) is 1. The number of hydrogen-bond acceptors (Lipinski definition) is 5. The van der Waals surface area contributed by atoms with Gasteiger partial charge in [-0.3, -0.25) is 0 Å². The summed E-state index contributed by atoms with van der Waals surface area (Å²) in [5, 5.41) is 8.57. The standard InChI is InChI=1S/C7H14N4OS/c1-11-5-9-10-7(11)13-4-6(8)3-12-2/h5-6H,3-4,8H2,1-2H3. The first-order chi connectivity index (χ1) is 6.24. The third kappa shape index (κ3) is 3.33. The van der Waals surface area contributed by atoms with Crippen LogP contribution in [-0.4, -0.2) is 40.3 Å². The summed E-state index contributed by atoms with van der Waals surface area (Å²) >= 11 is 1.59. The number of aromatic nitrogens is 3. The average Bonchev–Trinajstić information content (AvgIpc) is 2.48. The quantitative estimate of drug-likeness (QED) is 0.674. The van der Waals surface area contributed by atoms with E-state index in [4.69, 9.17) is 10.5 Å². The highest BCUT2D eigenvalue weighted by Gasteiger charge is 2.06. The Morgan fingerprint density at radius 3 is 3.08 bits per heavy atom. The van der Waals surface area contributed by atoms with Gasteiger partial charge in [0.1, 0.15) is 6.33 Å². The van der Waals surface area contributed by atoms with Gasteiger partial charge in [-0.1, -0.05) is 11.8 Å². The van der Waals surface area contributed by atoms with Crippen molar-refractivity contribution < 1.29 is 4.74 Å². The highest BCUT2D eigenvalue weighted by molar-refractivity contribution is 7.99. The summed E-state index contributed by atoms with van der Waals surface area (Å²) in [5.41, 5.74) is 5.75. The monoisotopic (exact) mass is 202 g/mol. The molecular weight excluding hydrogens is 188 g/mol. The summed E-state index contributed by atoms with van der Waals surface area (Å²) in [5.74, 6) is 0.792. The zero-order chi connectivity index (χ0) is 9.68. The minimum Gasteiger partial charge on any atom is -0.383 e. The number of nitrogens with two attached hydrogens (primary N) is 1. The van der Waals surface area contributed by atoms with Gasteiger partial charge in [-0.25, -0.2) is 0 Å². The van der Waals surface area contributed by atoms with Crippen LogP contribution >= 0.6 is 11.8 Å². The van der Waals surface area contributed by atoms with Crippen LogP contribution in [0.25, 0.3) is 0 Å². The molecule has 0 saturated heterocycles. The molecular formula is C7H14N4OS. The Bertz CT molecular complexity index is 252. The number of rotatable bonds is 5. The predicted octanol–water partition coefficient (Wildman–Crippen LogP) is -0.119. The van der Waals surface area contributed by atoms with E-state index in [9.17, 15) is 0 Å². The summed E-state index contributed by atoms with van der Waals surface area (Å²) in [7, 11) is 3.55. The molecule has 0 aromatic carbocycles. The van der Waals surface area contributed by atoms with Crippen LogP contribution in [0.2, 0.25) is 0 Å². The molecule has 1 unspecified atom stereocenters. The first-order valence-corrected chi connectivity index (χ1v) is 4.94. The summed E-state index contributed by atoms with van der Waals surface area (Å²) in [6.45, 7) is 0.574. The third-order valence-electron chi connectivity index (χ3n) is 1.48. The maximum atomic E-state index is 5.75. The van der Waals surface area contributed by atoms with Crippen LogP contribution in [0.1, 0.15) is 0 Å². The Morgan fingerprint density at radius 1 is 1.77 bits per heavy atom. The number of hydrogen-bond donors (Lipinski definition) is 1. The smallest absolute Gasteiger partial charge is 0.190 e. The molecule has 0 fully saturated rings. The predicted molar refractivity (Wildman–Crippen MR) is 51.6 cm³/mol. The van der Waals surface area contributed by atoms with E-state index >= 15 is 0 Å². The Labute approximate surface area is 81.7 Å². The van der Waals surface area contributed by atoms with Crippen molar-refractivity contribution in [2.24, 2.45) is 12.8 Å². The molecule has 1 rings (SSSR count). The van der Waals surface area contributed by atoms with Crippen LogP contribution in [0, 0.1) is 0 Å². The Hall–Kier alpha value is -0.590. The summed E-state index contributed by atoms with van der Waals surface area (Å²) in [6, 6.07) is 0.0479. The highest BCUT2D eigenvalue weighted by Crippen LogP contribution is 2.13. The van der Waals surface area contributed by atoms with Crippen molar-refractivity contribution in [2.45, 2.75) is 11.2 Å². The number of aryl methyl sites for hydroxylation is 1. The van der Waals surface area contributed by atoms with Crippen molar-refractivity contribution in [3.63, 3.8) is 0 Å². The lowest BCUT2D eigenvalue weighted by molar-refractivity contribution is 0.186. The molecule has 6 heteroatoms. The number of nitrogens with zero attached hydrogens (tertiary/aromatic N) is 3. The van der Waals surface area contributed by atoms with Gasteiger partial charge >= 0.3 is 0 Å². The average molecular weight is 202 g/mol. The molecule has 0 aliphatic carbocycles. The van der Waals surface area contributed by atoms with Crippen LogP contribution in [0.15, 0.2) is 11.5 Å². The number of methoxy groups -OCH3 is 1. The molecule has 0 bridgehead atoms. The fourth-order valence-electron chi connectivity index (χ4n) is 0.847. The second-order valence-electron chi connectivity index (χ2n) is 2.75. The number of thioether (sulfide) groups is 1. The second kappa shape index (κ2) is 5.21. The molecule has 0 aliphatic rings. The topological polar surface area (TPSA) is 66.0 Å². The van der Waals surface area contributed by atoms with Gasteiger partial charge in [0.2, 0.25) is 0 Å². The molecule has 2 N–H and O–H groups in total. The van der Waals surface area contributed by atoms with E-state index in [0.717, 1.165) is 10.9 Å². The molecule has 1 aromatic heterocycles. The maximum Gasteiger partial charge on any atom is 0.190 e. The summed E-state index contributed by atoms with van der Waals surface area (Å²) < 4.78 is 6.79. The van der Waals surface area contributed by atoms with Crippen molar-refractivity contribution in [1.82, 2.24) is 14.8 Å². The largest absolute Gasteiger partial charge is 0.383 e. The van der Waals surface area contributed by atoms with Crippen LogP contribution in [0.5, 0.6) is 0 Å². The lowest BCUT2D eigenvalue weighted by atomic mass is 10.4. The van der Waals surface area contributed by atoms with Gasteiger partial charge in [-0.05, 0) is 0 Å². The zero-order valence-electron chi connectivity index (χ0n) is 7.80. The molecule has 0 amide bonds. The van der Waals surface area contributed by atoms with E-state index in [1.54, 1.807) is 25.2 Å². The second-order valence-corrected chi connectivity index (χ2v) is 3.74. The van der Waals surface area contributed by atoms with Crippen LogP contribution < -0.4 is 5.73 Å². The SMILES string of the molecule is COCC(N)CSc1nncn1C. The highest BCUT2D eigenvalue weighted by atomic mass is 32.2. The molecule has 1 aromatic rings. The van der Waals surface area contributed by atoms with E-state index < -0.39 is 0 Å². The molecule has 74 valence electrons. The van der Waals surface area contributed by atoms with Gasteiger partial charge in [0, 0.05) is 26.0 Å². The fourth-order valence-corrected chi connectivity index (χ4v) is 1.66. The van der Waals surface area contributed by atoms with Crippen molar-refractivity contribution in [1.29, 1.82) is 0 Å². The molecule has 0 saturated carbocycles. The van der Waals surface area contributed by atoms with Crippen LogP contribution in [0.4, 0.5) is 0 Å². The third-order valence-corrected chi connectivity index (χ3v) is 2.70. The Kier molecular flexibility index (Phi) is 4.20. The first kappa shape index (κ1) is 10.5. The maximum absolute atomic E-state index is 5.75. The van der Waals surface area contributed by atoms with Crippen molar-refractivity contribution in [3.8, 4) is 0 Å². The van der Waals surface area contributed by atoms with E-state index in [1.165, 1.54) is 0 Å². The van der Waals surface area contributed by atoms with E-state index in [0.29, 0.717) is 6.61 Å². The zero-order valence-corrected chi connectivity index (χ0v) is 8.62. The van der Waals surface area contributed by atoms with Gasteiger partial charge in [0.05, 0.1) is 6.61 Å². The molecule has 0 spiro atoms. The Balaban J connectivity index is 2.30. The van der Waals surface area contributed by atoms with Crippen molar-refractivity contribution >= 4 is 11.8 Å². The summed E-state index contributed by atoms with van der Waals surface area (Å²) in [4.78, 5) is 0. The van der Waals surface area contributed by atoms with E-state index in [2.05, 4.69) is 10.2 Å². The molecule has 5 nitrogen and oxygen atoms in total. The fraction of sp³-hybridized carbons (Fsp3) is 0.714. The normalized spacial score (nSPS) is 13.2. The van der Waals surface area contributed by atoms with Gasteiger partial charge in [0.25, 0.3) is 0 Å². The molecule has 13 heavy (non-hydrogen) atoms. The van der Waals surface area contributed by atoms with Gasteiger partial charge in [-0.15, -0.1) is 10.2 Å². The van der Waals surface area contributed by atoms with Crippen molar-refractivity contribution in [2.75, 3.05) is 19.5 Å². The van der Waals surface area contributed by atoms with Gasteiger partial charge in [-0.2, -0.15) is 0 Å². The van der Waals surface area contributed by atoms with Gasteiger partial charge < -0.3 is 15.0 Å².